The number of hydrogen-bond acceptors (Lipinski definition) is 4. The van der Waals surface area contributed by atoms with E-state index in [0.29, 0.717) is 22.1 Å². The Labute approximate surface area is 199 Å². The molecule has 3 aromatic rings. The van der Waals surface area contributed by atoms with Crippen molar-refractivity contribution >= 4 is 23.6 Å². The van der Waals surface area contributed by atoms with Gasteiger partial charge < -0.3 is 9.47 Å². The van der Waals surface area contributed by atoms with Crippen LogP contribution in [-0.4, -0.2) is 5.97 Å². The maximum atomic E-state index is 13.0. The summed E-state index contributed by atoms with van der Waals surface area (Å²) in [6.07, 6.45) is 3.02. The molecule has 0 aromatic heterocycles. The number of nitrogens with zero attached hydrogens (tertiary/aromatic N) is 1. The second-order valence-corrected chi connectivity index (χ2v) is 9.11. The van der Waals surface area contributed by atoms with E-state index in [1.807, 2.05) is 80.6 Å². The fourth-order valence-corrected chi connectivity index (χ4v) is 4.13. The van der Waals surface area contributed by atoms with E-state index in [-0.39, 0.29) is 23.2 Å². The molecule has 1 saturated carbocycles. The zero-order valence-corrected chi connectivity index (χ0v) is 19.2. The summed E-state index contributed by atoms with van der Waals surface area (Å²) < 4.78 is 11.5. The van der Waals surface area contributed by atoms with Crippen molar-refractivity contribution in [3.05, 3.63) is 101 Å². The van der Waals surface area contributed by atoms with Crippen molar-refractivity contribution in [3.8, 4) is 17.6 Å². The van der Waals surface area contributed by atoms with E-state index < -0.39 is 6.10 Å². The first-order valence-corrected chi connectivity index (χ1v) is 11.1. The molecule has 1 aliphatic rings. The number of rotatable bonds is 7. The number of ether oxygens (including phenoxy) is 2. The molecule has 0 spiro atoms. The molecule has 4 rings (SSSR count). The molecule has 3 atom stereocenters. The molecule has 0 N–H and O–H groups in total. The third-order valence-corrected chi connectivity index (χ3v) is 6.27. The van der Waals surface area contributed by atoms with E-state index >= 15 is 0 Å². The summed E-state index contributed by atoms with van der Waals surface area (Å²) in [5, 5.41) is 10.4. The van der Waals surface area contributed by atoms with Crippen molar-refractivity contribution in [2.75, 3.05) is 0 Å². The standard InChI is InChI=1S/C28H24ClNO3/c1-28(2)24(16-13-19-11-14-21(29)15-12-19)26(28)27(31)33-25(18-30)20-7-6-10-23(17-20)32-22-8-4-3-5-9-22/h3-17,24-26H,1-2H3. The lowest BCUT2D eigenvalue weighted by atomic mass is 10.1. The van der Waals surface area contributed by atoms with Gasteiger partial charge in [-0.3, -0.25) is 4.79 Å². The minimum absolute atomic E-state index is 0.0350. The molecule has 4 nitrogen and oxygen atoms in total. The Morgan fingerprint density at radius 2 is 1.73 bits per heavy atom. The van der Waals surface area contributed by atoms with Crippen LogP contribution in [-0.2, 0) is 9.53 Å². The van der Waals surface area contributed by atoms with Crippen molar-refractivity contribution < 1.29 is 14.3 Å². The number of esters is 1. The molecule has 0 aliphatic heterocycles. The predicted molar refractivity (Wildman–Crippen MR) is 129 cm³/mol. The number of para-hydroxylation sites is 1. The van der Waals surface area contributed by atoms with Gasteiger partial charge in [0.15, 0.2) is 0 Å². The first kappa shape index (κ1) is 22.6. The highest BCUT2D eigenvalue weighted by molar-refractivity contribution is 6.30. The smallest absolute Gasteiger partial charge is 0.311 e. The van der Waals surface area contributed by atoms with Gasteiger partial charge in [-0.25, -0.2) is 0 Å². The molecule has 3 unspecified atom stereocenters. The lowest BCUT2D eigenvalue weighted by Crippen LogP contribution is -2.14. The highest BCUT2D eigenvalue weighted by atomic mass is 35.5. The number of carbonyl (C=O) groups excluding carboxylic acids is 1. The predicted octanol–water partition coefficient (Wildman–Crippen LogP) is 7.23. The zero-order chi connectivity index (χ0) is 23.4. The molecular formula is C28H24ClNO3. The third kappa shape index (κ3) is 5.27. The van der Waals surface area contributed by atoms with Crippen LogP contribution in [0.25, 0.3) is 6.08 Å². The number of allylic oxidation sites excluding steroid dienone is 1. The molecule has 1 aliphatic carbocycles. The molecule has 5 heteroatoms. The van der Waals surface area contributed by atoms with Crippen molar-refractivity contribution in [2.45, 2.75) is 20.0 Å². The number of halogens is 1. The number of carbonyl (C=O) groups is 1. The SMILES string of the molecule is CC1(C)C(C=Cc2ccc(Cl)cc2)C1C(=O)OC(C#N)c1cccc(Oc2ccccc2)c1. The Morgan fingerprint density at radius 3 is 2.42 bits per heavy atom. The van der Waals surface area contributed by atoms with Crippen LogP contribution in [0.2, 0.25) is 5.02 Å². The van der Waals surface area contributed by atoms with Gasteiger partial charge in [0.1, 0.15) is 17.6 Å². The van der Waals surface area contributed by atoms with Crippen LogP contribution in [0, 0.1) is 28.6 Å². The summed E-state index contributed by atoms with van der Waals surface area (Å²) in [5.41, 5.74) is 1.35. The maximum absolute atomic E-state index is 13.0. The molecule has 3 aromatic carbocycles. The second-order valence-electron chi connectivity index (χ2n) is 8.67. The first-order chi connectivity index (χ1) is 15.9. The quantitative estimate of drug-likeness (QED) is 0.351. The van der Waals surface area contributed by atoms with Gasteiger partial charge in [-0.2, -0.15) is 5.26 Å². The lowest BCUT2D eigenvalue weighted by molar-refractivity contribution is -0.149. The summed E-state index contributed by atoms with van der Waals surface area (Å²) in [5.74, 6) is 0.626. The van der Waals surface area contributed by atoms with Gasteiger partial charge >= 0.3 is 5.97 Å². The van der Waals surface area contributed by atoms with Crippen LogP contribution in [0.15, 0.2) is 84.9 Å². The Bertz CT molecular complexity index is 1200. The zero-order valence-electron chi connectivity index (χ0n) is 18.4. The second kappa shape index (κ2) is 9.52. The van der Waals surface area contributed by atoms with Gasteiger partial charge in [0, 0.05) is 10.6 Å². The Balaban J connectivity index is 1.43. The lowest BCUT2D eigenvalue weighted by Gasteiger charge is -2.13. The monoisotopic (exact) mass is 457 g/mol. The van der Waals surface area contributed by atoms with Crippen LogP contribution in [0.1, 0.15) is 31.1 Å². The van der Waals surface area contributed by atoms with E-state index in [2.05, 4.69) is 6.07 Å². The van der Waals surface area contributed by atoms with E-state index in [9.17, 15) is 10.1 Å². The van der Waals surface area contributed by atoms with E-state index in [1.54, 1.807) is 24.3 Å². The number of nitriles is 1. The Hall–Kier alpha value is -3.55. The molecule has 0 radical (unpaired) electrons. The summed E-state index contributed by atoms with van der Waals surface area (Å²) >= 11 is 5.94. The molecule has 0 amide bonds. The van der Waals surface area contributed by atoms with Gasteiger partial charge in [-0.1, -0.05) is 80.1 Å². The van der Waals surface area contributed by atoms with Crippen molar-refractivity contribution in [1.29, 1.82) is 5.26 Å². The Morgan fingerprint density at radius 1 is 1.03 bits per heavy atom. The van der Waals surface area contributed by atoms with Crippen molar-refractivity contribution in [2.24, 2.45) is 17.3 Å². The fourth-order valence-electron chi connectivity index (χ4n) is 4.00. The van der Waals surface area contributed by atoms with E-state index in [1.165, 1.54) is 0 Å². The number of benzene rings is 3. The molecule has 166 valence electrons. The topological polar surface area (TPSA) is 59.3 Å². The summed E-state index contributed by atoms with van der Waals surface area (Å²) in [4.78, 5) is 13.0. The first-order valence-electron chi connectivity index (χ1n) is 10.8. The average molecular weight is 458 g/mol. The molecule has 0 heterocycles. The van der Waals surface area contributed by atoms with Crippen LogP contribution in [0.4, 0.5) is 0 Å². The highest BCUT2D eigenvalue weighted by Gasteiger charge is 2.61. The molecule has 1 fully saturated rings. The minimum Gasteiger partial charge on any atom is -0.457 e. The Kier molecular flexibility index (Phi) is 6.53. The fraction of sp³-hybridized carbons (Fsp3) is 0.214. The van der Waals surface area contributed by atoms with Crippen LogP contribution in [0.5, 0.6) is 11.5 Å². The molecule has 0 bridgehead atoms. The summed E-state index contributed by atoms with van der Waals surface area (Å²) in [6, 6.07) is 26.1. The largest absolute Gasteiger partial charge is 0.457 e. The van der Waals surface area contributed by atoms with Crippen LogP contribution < -0.4 is 4.74 Å². The molecule has 0 saturated heterocycles. The van der Waals surface area contributed by atoms with Crippen molar-refractivity contribution in [1.82, 2.24) is 0 Å². The summed E-state index contributed by atoms with van der Waals surface area (Å²) in [7, 11) is 0. The molecule has 33 heavy (non-hydrogen) atoms. The van der Waals surface area contributed by atoms with Gasteiger partial charge in [-0.15, -0.1) is 0 Å². The average Bonchev–Trinajstić information content (AvgIpc) is 3.38. The van der Waals surface area contributed by atoms with Gasteiger partial charge in [0.05, 0.1) is 5.92 Å². The van der Waals surface area contributed by atoms with E-state index in [4.69, 9.17) is 21.1 Å². The summed E-state index contributed by atoms with van der Waals surface area (Å²) in [6.45, 7) is 4.07. The number of hydrogen-bond donors (Lipinski definition) is 0. The third-order valence-electron chi connectivity index (χ3n) is 6.02. The van der Waals surface area contributed by atoms with Gasteiger partial charge in [0.25, 0.3) is 0 Å². The molecular weight excluding hydrogens is 434 g/mol. The maximum Gasteiger partial charge on any atom is 0.311 e. The normalized spacial score (nSPS) is 19.5. The van der Waals surface area contributed by atoms with Crippen LogP contribution in [0.3, 0.4) is 0 Å². The van der Waals surface area contributed by atoms with Crippen LogP contribution >= 0.6 is 11.6 Å². The highest BCUT2D eigenvalue weighted by Crippen LogP contribution is 2.60. The minimum atomic E-state index is -1.01. The van der Waals surface area contributed by atoms with Gasteiger partial charge in [-0.05, 0) is 53.3 Å². The van der Waals surface area contributed by atoms with Gasteiger partial charge in [0.2, 0.25) is 6.10 Å². The van der Waals surface area contributed by atoms with E-state index in [0.717, 1.165) is 5.56 Å². The van der Waals surface area contributed by atoms with Crippen molar-refractivity contribution in [3.63, 3.8) is 0 Å².